The maximum absolute atomic E-state index is 15.3. The quantitative estimate of drug-likeness (QED) is 0.162. The first-order chi connectivity index (χ1) is 21.8. The number of sulfonamides is 2. The first-order valence-electron chi connectivity index (χ1n) is 14.4. The van der Waals surface area contributed by atoms with Gasteiger partial charge in [-0.2, -0.15) is 0 Å². The lowest BCUT2D eigenvalue weighted by Gasteiger charge is -2.39. The lowest BCUT2D eigenvalue weighted by atomic mass is 9.84. The summed E-state index contributed by atoms with van der Waals surface area (Å²) in [6, 6.07) is 52.4. The van der Waals surface area contributed by atoms with Gasteiger partial charge in [-0.05, 0) is 33.4 Å². The molecule has 0 spiro atoms. The molecule has 6 aromatic rings. The lowest BCUT2D eigenvalue weighted by Crippen LogP contribution is -2.53. The Labute approximate surface area is 265 Å². The zero-order valence-electron chi connectivity index (χ0n) is 24.3. The van der Waals surface area contributed by atoms with Crippen LogP contribution in [-0.2, 0) is 29.5 Å². The van der Waals surface area contributed by atoms with Gasteiger partial charge < -0.3 is 0 Å². The molecule has 0 fully saturated rings. The van der Waals surface area contributed by atoms with Crippen LogP contribution in [0.5, 0.6) is 0 Å². The molecule has 45 heavy (non-hydrogen) atoms. The van der Waals surface area contributed by atoms with Crippen molar-refractivity contribution in [3.8, 4) is 0 Å². The third-order valence-electron chi connectivity index (χ3n) is 8.11. The zero-order chi connectivity index (χ0) is 31.4. The van der Waals surface area contributed by atoms with E-state index in [-0.39, 0.29) is 0 Å². The Kier molecular flexibility index (Phi) is 8.25. The highest BCUT2D eigenvalue weighted by molar-refractivity contribution is 8.06. The van der Waals surface area contributed by atoms with E-state index in [0.717, 1.165) is 0 Å². The van der Waals surface area contributed by atoms with Gasteiger partial charge >= 0.3 is 0 Å². The molecule has 6 rings (SSSR count). The minimum atomic E-state index is -4.85. The van der Waals surface area contributed by atoms with Gasteiger partial charge in [0.2, 0.25) is 20.0 Å². The Morgan fingerprint density at radius 2 is 0.444 bits per heavy atom. The van der Waals surface area contributed by atoms with Crippen molar-refractivity contribution in [3.63, 3.8) is 0 Å². The summed E-state index contributed by atoms with van der Waals surface area (Å²) in [6.45, 7) is 0. The van der Waals surface area contributed by atoms with E-state index in [0.29, 0.717) is 33.4 Å². The maximum Gasteiger partial charge on any atom is 0.243 e. The van der Waals surface area contributed by atoms with Crippen LogP contribution in [0, 0.1) is 0 Å². The monoisotopic (exact) mass is 629 g/mol. The highest BCUT2D eigenvalue weighted by atomic mass is 32.3. The molecule has 224 valence electrons. The van der Waals surface area contributed by atoms with Crippen LogP contribution in [-0.4, -0.2) is 16.8 Å². The number of hydrogen-bond donors (Lipinski definition) is 1. The number of rotatable bonds is 10. The summed E-state index contributed by atoms with van der Waals surface area (Å²) in [4.78, 5) is 0. The number of nitrogens with one attached hydrogen (secondary N) is 1. The lowest BCUT2D eigenvalue weighted by molar-refractivity contribution is 0.550. The molecule has 0 aliphatic carbocycles. The molecule has 5 nitrogen and oxygen atoms in total. The molecule has 7 heteroatoms. The molecule has 0 atom stereocenters. The summed E-state index contributed by atoms with van der Waals surface area (Å²) in [5, 5.41) is 0. The van der Waals surface area contributed by atoms with Gasteiger partial charge in [-0.1, -0.05) is 182 Å². The van der Waals surface area contributed by atoms with Crippen molar-refractivity contribution >= 4 is 20.0 Å². The van der Waals surface area contributed by atoms with Crippen molar-refractivity contribution in [2.45, 2.75) is 9.49 Å². The Hall–Kier alpha value is -4.82. The normalized spacial score (nSPS) is 12.4. The molecule has 0 radical (unpaired) electrons. The third-order valence-corrected chi connectivity index (χ3v) is 12.9. The molecule has 0 saturated carbocycles. The van der Waals surface area contributed by atoms with E-state index in [1.54, 1.807) is 182 Å². The van der Waals surface area contributed by atoms with Gasteiger partial charge in [0, 0.05) is 0 Å². The Bertz CT molecular complexity index is 1730. The fourth-order valence-corrected chi connectivity index (χ4v) is 11.1. The summed E-state index contributed by atoms with van der Waals surface area (Å²) < 4.78 is 59.8. The second-order valence-electron chi connectivity index (χ2n) is 10.6. The Balaban J connectivity index is 1.69. The predicted octanol–water partition coefficient (Wildman–Crippen LogP) is 7.22. The van der Waals surface area contributed by atoms with E-state index >= 15 is 16.8 Å². The highest BCUT2D eigenvalue weighted by Gasteiger charge is 2.56. The van der Waals surface area contributed by atoms with Gasteiger partial charge in [-0.25, -0.2) is 16.8 Å². The summed E-state index contributed by atoms with van der Waals surface area (Å²) in [5.74, 6) is 0. The van der Waals surface area contributed by atoms with Crippen LogP contribution < -0.4 is 4.13 Å². The zero-order valence-corrected chi connectivity index (χ0v) is 25.9. The van der Waals surface area contributed by atoms with Crippen LogP contribution in [0.25, 0.3) is 0 Å². The number of hydrogen-bond acceptors (Lipinski definition) is 4. The van der Waals surface area contributed by atoms with Crippen molar-refractivity contribution in [3.05, 3.63) is 215 Å². The molecule has 0 saturated heterocycles. The minimum absolute atomic E-state index is 0.398. The van der Waals surface area contributed by atoms with Crippen LogP contribution in [0.4, 0.5) is 0 Å². The topological polar surface area (TPSA) is 80.3 Å². The second-order valence-corrected chi connectivity index (χ2v) is 14.6. The second kappa shape index (κ2) is 12.3. The van der Waals surface area contributed by atoms with Gasteiger partial charge in [-0.3, -0.25) is 0 Å². The summed E-state index contributed by atoms with van der Waals surface area (Å²) in [5.41, 5.74) is 2.39. The van der Waals surface area contributed by atoms with Crippen LogP contribution in [0.2, 0.25) is 0 Å². The maximum atomic E-state index is 15.3. The van der Waals surface area contributed by atoms with Gasteiger partial charge in [0.1, 0.15) is 0 Å². The van der Waals surface area contributed by atoms with E-state index in [1.807, 2.05) is 0 Å². The molecule has 1 N–H and O–H groups in total. The van der Waals surface area contributed by atoms with Crippen molar-refractivity contribution in [2.24, 2.45) is 0 Å². The van der Waals surface area contributed by atoms with Crippen LogP contribution in [0.1, 0.15) is 33.4 Å². The van der Waals surface area contributed by atoms with Crippen LogP contribution in [0.3, 0.4) is 0 Å². The van der Waals surface area contributed by atoms with Crippen LogP contribution in [0.15, 0.2) is 182 Å². The molecule has 0 bridgehead atoms. The molecular formula is C38H31NO4S2. The molecule has 0 amide bonds. The molecule has 6 aromatic carbocycles. The summed E-state index contributed by atoms with van der Waals surface area (Å²) in [6.07, 6.45) is 0. The molecule has 0 aliphatic rings. The highest BCUT2D eigenvalue weighted by Crippen LogP contribution is 2.47. The average Bonchev–Trinajstić information content (AvgIpc) is 3.08. The van der Waals surface area contributed by atoms with E-state index in [1.165, 1.54) is 0 Å². The standard InChI is InChI=1S/C38H31NO4S2/c40-44(41,37(31-19-7-1-8-20-31,32-21-9-2-10-22-32)33-23-11-3-12-24-33)39-45(42,43)38(34-25-13-4-14-26-34,35-27-15-5-16-28-35)36-29-17-6-18-30-36/h1-30,39H. The SMILES string of the molecule is O=S(=O)(NS(=O)(=O)C(c1ccccc1)(c1ccccc1)c1ccccc1)C(c1ccccc1)(c1ccccc1)c1ccccc1. The fraction of sp³-hybridized carbons (Fsp3) is 0.0526. The first-order valence-corrected chi connectivity index (χ1v) is 17.4. The molecule has 0 aromatic heterocycles. The van der Waals surface area contributed by atoms with E-state index in [9.17, 15) is 0 Å². The van der Waals surface area contributed by atoms with E-state index < -0.39 is 29.5 Å². The molecule has 0 unspecified atom stereocenters. The number of benzene rings is 6. The van der Waals surface area contributed by atoms with Crippen molar-refractivity contribution in [1.82, 2.24) is 4.13 Å². The van der Waals surface area contributed by atoms with Crippen LogP contribution >= 0.6 is 0 Å². The predicted molar refractivity (Wildman–Crippen MR) is 179 cm³/mol. The molecule has 0 heterocycles. The molecule has 0 aliphatic heterocycles. The van der Waals surface area contributed by atoms with E-state index in [2.05, 4.69) is 4.13 Å². The first kappa shape index (κ1) is 30.2. The van der Waals surface area contributed by atoms with Crippen molar-refractivity contribution in [1.29, 1.82) is 0 Å². The van der Waals surface area contributed by atoms with Gasteiger partial charge in [0.15, 0.2) is 9.49 Å². The average molecular weight is 630 g/mol. The van der Waals surface area contributed by atoms with Gasteiger partial charge in [0.25, 0.3) is 0 Å². The van der Waals surface area contributed by atoms with Gasteiger partial charge in [0.05, 0.1) is 0 Å². The fourth-order valence-electron chi connectivity index (χ4n) is 6.24. The Morgan fingerprint density at radius 1 is 0.289 bits per heavy atom. The van der Waals surface area contributed by atoms with E-state index in [4.69, 9.17) is 0 Å². The summed E-state index contributed by atoms with van der Waals surface area (Å²) in [7, 11) is -9.69. The smallest absolute Gasteiger partial charge is 0.210 e. The summed E-state index contributed by atoms with van der Waals surface area (Å²) >= 11 is 0. The van der Waals surface area contributed by atoms with Gasteiger partial charge in [-0.15, -0.1) is 4.13 Å². The minimum Gasteiger partial charge on any atom is -0.210 e. The molecular weight excluding hydrogens is 599 g/mol. The van der Waals surface area contributed by atoms with Crippen molar-refractivity contribution < 1.29 is 16.8 Å². The largest absolute Gasteiger partial charge is 0.243 e. The van der Waals surface area contributed by atoms with Crippen molar-refractivity contribution in [2.75, 3.05) is 0 Å². The third kappa shape index (κ3) is 5.09. The Morgan fingerprint density at radius 3 is 0.600 bits per heavy atom.